The minimum Gasteiger partial charge on any atom is -0.480 e. The Morgan fingerprint density at radius 1 is 1.40 bits per heavy atom. The van der Waals surface area contributed by atoms with Crippen molar-refractivity contribution in [1.82, 2.24) is 9.78 Å². The van der Waals surface area contributed by atoms with E-state index in [2.05, 4.69) is 5.10 Å². The average Bonchev–Trinajstić information content (AvgIpc) is 2.43. The Morgan fingerprint density at radius 3 is 2.60 bits per heavy atom. The highest BCUT2D eigenvalue weighted by Crippen LogP contribution is 2.20. The normalized spacial score (nSPS) is 10.0. The van der Waals surface area contributed by atoms with Gasteiger partial charge in [-0.15, -0.1) is 0 Å². The first-order valence-corrected chi connectivity index (χ1v) is 5.83. The maximum absolute atomic E-state index is 12.0. The zero-order chi connectivity index (χ0) is 14.7. The van der Waals surface area contributed by atoms with Gasteiger partial charge in [0.05, 0.1) is 5.69 Å². The summed E-state index contributed by atoms with van der Waals surface area (Å²) in [5.74, 6) is -1.19. The van der Waals surface area contributed by atoms with Crippen molar-refractivity contribution in [2.45, 2.75) is 13.5 Å². The molecule has 0 aliphatic rings. The van der Waals surface area contributed by atoms with E-state index in [1.54, 1.807) is 31.2 Å². The molecule has 20 heavy (non-hydrogen) atoms. The molecule has 0 spiro atoms. The Hall–Kier alpha value is -2.94. The molecule has 1 N–H and O–H groups in total. The number of nitriles is 1. The highest BCUT2D eigenvalue weighted by molar-refractivity contribution is 5.68. The van der Waals surface area contributed by atoms with Gasteiger partial charge in [0.25, 0.3) is 5.56 Å². The van der Waals surface area contributed by atoms with Gasteiger partial charge in [-0.05, 0) is 6.92 Å². The van der Waals surface area contributed by atoms with E-state index in [1.165, 1.54) is 0 Å². The minimum atomic E-state index is -1.19. The largest absolute Gasteiger partial charge is 0.480 e. The van der Waals surface area contributed by atoms with E-state index in [1.807, 2.05) is 12.1 Å². The maximum atomic E-state index is 12.0. The Bertz CT molecular complexity index is 758. The standard InChI is InChI=1S/C14H11N3O3/c1-9-11(7-15)14(20)17(8-12(18)19)16-13(9)10-5-3-2-4-6-10/h2-6H,8H2,1H3,(H,18,19). The van der Waals surface area contributed by atoms with Gasteiger partial charge in [0, 0.05) is 11.1 Å². The van der Waals surface area contributed by atoms with Gasteiger partial charge < -0.3 is 5.11 Å². The molecule has 1 aromatic carbocycles. The van der Waals surface area contributed by atoms with E-state index in [0.717, 1.165) is 10.2 Å². The van der Waals surface area contributed by atoms with Gasteiger partial charge in [-0.3, -0.25) is 9.59 Å². The number of carbonyl (C=O) groups is 1. The van der Waals surface area contributed by atoms with Gasteiger partial charge in [0.2, 0.25) is 0 Å². The SMILES string of the molecule is Cc1c(-c2ccccc2)nn(CC(=O)O)c(=O)c1C#N. The van der Waals surface area contributed by atoms with Gasteiger partial charge in [0.1, 0.15) is 18.2 Å². The third-order valence-corrected chi connectivity index (χ3v) is 2.84. The Labute approximate surface area is 114 Å². The summed E-state index contributed by atoms with van der Waals surface area (Å²) in [5.41, 5.74) is 0.834. The molecular formula is C14H11N3O3. The van der Waals surface area contributed by atoms with E-state index in [0.29, 0.717) is 11.3 Å². The van der Waals surface area contributed by atoms with Gasteiger partial charge in [-0.2, -0.15) is 10.4 Å². The maximum Gasteiger partial charge on any atom is 0.325 e. The number of aromatic nitrogens is 2. The predicted molar refractivity (Wildman–Crippen MR) is 71.0 cm³/mol. The summed E-state index contributed by atoms with van der Waals surface area (Å²) in [5, 5.41) is 22.0. The van der Waals surface area contributed by atoms with Crippen molar-refractivity contribution >= 4 is 5.97 Å². The van der Waals surface area contributed by atoms with Crippen LogP contribution in [0.5, 0.6) is 0 Å². The average molecular weight is 269 g/mol. The van der Waals surface area contributed by atoms with Crippen molar-refractivity contribution in [3.05, 3.63) is 51.8 Å². The first-order valence-electron chi connectivity index (χ1n) is 5.83. The number of carboxylic acids is 1. The molecule has 2 aromatic rings. The molecule has 0 saturated heterocycles. The number of carboxylic acid groups (broad SMARTS) is 1. The van der Waals surface area contributed by atoms with Crippen LogP contribution in [0.2, 0.25) is 0 Å². The van der Waals surface area contributed by atoms with Crippen molar-refractivity contribution < 1.29 is 9.90 Å². The van der Waals surface area contributed by atoms with Crippen LogP contribution in [-0.4, -0.2) is 20.9 Å². The van der Waals surface area contributed by atoms with Crippen LogP contribution in [-0.2, 0) is 11.3 Å². The third-order valence-electron chi connectivity index (χ3n) is 2.84. The van der Waals surface area contributed by atoms with Crippen LogP contribution < -0.4 is 5.56 Å². The molecule has 0 aliphatic carbocycles. The van der Waals surface area contributed by atoms with Crippen molar-refractivity contribution in [3.63, 3.8) is 0 Å². The van der Waals surface area contributed by atoms with Crippen LogP contribution in [0.15, 0.2) is 35.1 Å². The van der Waals surface area contributed by atoms with Crippen molar-refractivity contribution in [2.75, 3.05) is 0 Å². The highest BCUT2D eigenvalue weighted by Gasteiger charge is 2.16. The second-order valence-corrected chi connectivity index (χ2v) is 4.18. The summed E-state index contributed by atoms with van der Waals surface area (Å²) >= 11 is 0. The topological polar surface area (TPSA) is 96.0 Å². The fourth-order valence-corrected chi connectivity index (χ4v) is 1.89. The fraction of sp³-hybridized carbons (Fsp3) is 0.143. The number of hydrogen-bond acceptors (Lipinski definition) is 4. The van der Waals surface area contributed by atoms with Crippen molar-refractivity contribution in [3.8, 4) is 17.3 Å². The summed E-state index contributed by atoms with van der Waals surface area (Å²) in [6.07, 6.45) is 0. The van der Waals surface area contributed by atoms with Gasteiger partial charge in [0.15, 0.2) is 0 Å². The van der Waals surface area contributed by atoms with E-state index in [-0.39, 0.29) is 5.56 Å². The van der Waals surface area contributed by atoms with Crippen LogP contribution in [0.25, 0.3) is 11.3 Å². The molecule has 100 valence electrons. The molecule has 0 bridgehead atoms. The molecule has 6 heteroatoms. The quantitative estimate of drug-likeness (QED) is 0.902. The zero-order valence-electron chi connectivity index (χ0n) is 10.7. The summed E-state index contributed by atoms with van der Waals surface area (Å²) in [7, 11) is 0. The summed E-state index contributed by atoms with van der Waals surface area (Å²) in [6, 6.07) is 10.8. The van der Waals surface area contributed by atoms with Crippen LogP contribution in [0.3, 0.4) is 0 Å². The van der Waals surface area contributed by atoms with Crippen molar-refractivity contribution in [2.24, 2.45) is 0 Å². The molecule has 0 atom stereocenters. The van der Waals surface area contributed by atoms with Gasteiger partial charge >= 0.3 is 5.97 Å². The van der Waals surface area contributed by atoms with Crippen LogP contribution >= 0.6 is 0 Å². The molecule has 0 fully saturated rings. The smallest absolute Gasteiger partial charge is 0.325 e. The summed E-state index contributed by atoms with van der Waals surface area (Å²) in [6.45, 7) is 1.05. The lowest BCUT2D eigenvalue weighted by Crippen LogP contribution is -2.30. The van der Waals surface area contributed by atoms with Crippen LogP contribution in [0.4, 0.5) is 0 Å². The Morgan fingerprint density at radius 2 is 2.05 bits per heavy atom. The van der Waals surface area contributed by atoms with Crippen LogP contribution in [0, 0.1) is 18.3 Å². The molecule has 0 saturated carbocycles. The molecule has 1 heterocycles. The molecular weight excluding hydrogens is 258 g/mol. The predicted octanol–water partition coefficient (Wildman–Crippen LogP) is 1.17. The molecule has 0 aliphatic heterocycles. The first kappa shape index (κ1) is 13.5. The summed E-state index contributed by atoms with van der Waals surface area (Å²) in [4.78, 5) is 22.7. The van der Waals surface area contributed by atoms with E-state index in [4.69, 9.17) is 10.4 Å². The number of benzene rings is 1. The lowest BCUT2D eigenvalue weighted by Gasteiger charge is -2.10. The van der Waals surface area contributed by atoms with E-state index in [9.17, 15) is 9.59 Å². The zero-order valence-corrected chi connectivity index (χ0v) is 10.7. The van der Waals surface area contributed by atoms with E-state index < -0.39 is 18.1 Å². The molecule has 0 radical (unpaired) electrons. The number of nitrogens with zero attached hydrogens (tertiary/aromatic N) is 3. The van der Waals surface area contributed by atoms with E-state index >= 15 is 0 Å². The van der Waals surface area contributed by atoms with Gasteiger partial charge in [-0.1, -0.05) is 30.3 Å². The summed E-state index contributed by atoms with van der Waals surface area (Å²) < 4.78 is 0.802. The lowest BCUT2D eigenvalue weighted by atomic mass is 10.0. The fourth-order valence-electron chi connectivity index (χ4n) is 1.89. The van der Waals surface area contributed by atoms with Crippen LogP contribution in [0.1, 0.15) is 11.1 Å². The lowest BCUT2D eigenvalue weighted by molar-refractivity contribution is -0.138. The molecule has 6 nitrogen and oxygen atoms in total. The monoisotopic (exact) mass is 269 g/mol. The highest BCUT2D eigenvalue weighted by atomic mass is 16.4. The molecule has 0 amide bonds. The third kappa shape index (κ3) is 2.42. The minimum absolute atomic E-state index is 0.0832. The number of rotatable bonds is 3. The second kappa shape index (κ2) is 5.36. The molecule has 1 aromatic heterocycles. The van der Waals surface area contributed by atoms with Crippen molar-refractivity contribution in [1.29, 1.82) is 5.26 Å². The van der Waals surface area contributed by atoms with Gasteiger partial charge in [-0.25, -0.2) is 4.68 Å². The molecule has 0 unspecified atom stereocenters. The molecule has 2 rings (SSSR count). The Balaban J connectivity index is 2.73. The Kier molecular flexibility index (Phi) is 3.62. The number of hydrogen-bond donors (Lipinski definition) is 1. The first-order chi connectivity index (χ1) is 9.54. The second-order valence-electron chi connectivity index (χ2n) is 4.18. The number of aliphatic carboxylic acids is 1.